The van der Waals surface area contributed by atoms with Crippen molar-refractivity contribution in [2.45, 2.75) is 20.0 Å². The topological polar surface area (TPSA) is 46.3 Å². The van der Waals surface area contributed by atoms with Crippen LogP contribution in [0.25, 0.3) is 11.0 Å². The second-order valence-electron chi connectivity index (χ2n) is 4.72. The van der Waals surface area contributed by atoms with E-state index in [9.17, 15) is 5.11 Å². The van der Waals surface area contributed by atoms with E-state index in [1.165, 1.54) is 0 Å². The van der Waals surface area contributed by atoms with E-state index >= 15 is 0 Å². The third kappa shape index (κ3) is 2.02. The monoisotopic (exact) mass is 253 g/mol. The third-order valence-corrected chi connectivity index (χ3v) is 3.37. The van der Waals surface area contributed by atoms with Crippen LogP contribution in [0.5, 0.6) is 0 Å². The van der Waals surface area contributed by atoms with Gasteiger partial charge in [0.2, 0.25) is 0 Å². The van der Waals surface area contributed by atoms with E-state index < -0.39 is 6.10 Å². The predicted octanol–water partition coefficient (Wildman–Crippen LogP) is 3.53. The molecule has 1 N–H and O–H groups in total. The van der Waals surface area contributed by atoms with Crippen LogP contribution in [-0.4, -0.2) is 10.1 Å². The molecule has 2 heterocycles. The Labute approximate surface area is 111 Å². The van der Waals surface area contributed by atoms with Crippen molar-refractivity contribution in [2.75, 3.05) is 0 Å². The van der Waals surface area contributed by atoms with Gasteiger partial charge in [0.15, 0.2) is 0 Å². The van der Waals surface area contributed by atoms with Gasteiger partial charge in [-0.05, 0) is 31.5 Å². The van der Waals surface area contributed by atoms with Gasteiger partial charge >= 0.3 is 0 Å². The number of hydrogen-bond acceptors (Lipinski definition) is 3. The number of fused-ring (bicyclic) bond motifs is 1. The van der Waals surface area contributed by atoms with Crippen molar-refractivity contribution in [1.82, 2.24) is 4.98 Å². The third-order valence-electron chi connectivity index (χ3n) is 3.37. The average molecular weight is 253 g/mol. The number of aryl methyl sites for hydroxylation is 2. The molecule has 0 bridgehead atoms. The Kier molecular flexibility index (Phi) is 2.84. The first kappa shape index (κ1) is 11.9. The normalized spacial score (nSPS) is 12.8. The zero-order valence-corrected chi connectivity index (χ0v) is 10.9. The van der Waals surface area contributed by atoms with Crippen molar-refractivity contribution in [1.29, 1.82) is 0 Å². The van der Waals surface area contributed by atoms with Gasteiger partial charge in [0.25, 0.3) is 0 Å². The number of benzene rings is 1. The predicted molar refractivity (Wildman–Crippen MR) is 74.0 cm³/mol. The van der Waals surface area contributed by atoms with Crippen molar-refractivity contribution in [3.8, 4) is 0 Å². The smallest absolute Gasteiger partial charge is 0.138 e. The van der Waals surface area contributed by atoms with Gasteiger partial charge in [-0.2, -0.15) is 0 Å². The molecule has 0 aliphatic carbocycles. The number of nitrogens with zero attached hydrogens (tertiary/aromatic N) is 1. The summed E-state index contributed by atoms with van der Waals surface area (Å²) in [6.45, 7) is 3.88. The van der Waals surface area contributed by atoms with E-state index in [4.69, 9.17) is 4.42 Å². The Hall–Kier alpha value is -2.13. The molecule has 3 nitrogen and oxygen atoms in total. The molecule has 0 fully saturated rings. The summed E-state index contributed by atoms with van der Waals surface area (Å²) in [6, 6.07) is 11.5. The number of para-hydroxylation sites is 1. The van der Waals surface area contributed by atoms with E-state index in [1.807, 2.05) is 50.2 Å². The molecule has 96 valence electrons. The summed E-state index contributed by atoms with van der Waals surface area (Å²) < 4.78 is 5.79. The second kappa shape index (κ2) is 4.52. The molecule has 2 aromatic heterocycles. The van der Waals surface area contributed by atoms with Crippen LogP contribution in [-0.2, 0) is 0 Å². The summed E-state index contributed by atoms with van der Waals surface area (Å²) in [4.78, 5) is 4.20. The van der Waals surface area contributed by atoms with E-state index in [2.05, 4.69) is 4.98 Å². The molecular weight excluding hydrogens is 238 g/mol. The Morgan fingerprint density at radius 2 is 2.00 bits per heavy atom. The molecule has 0 aliphatic rings. The van der Waals surface area contributed by atoms with Crippen LogP contribution >= 0.6 is 0 Å². The van der Waals surface area contributed by atoms with E-state index in [1.54, 1.807) is 6.20 Å². The summed E-state index contributed by atoms with van der Waals surface area (Å²) in [6.07, 6.45) is 0.939. The SMILES string of the molecule is Cc1ncccc1C(O)c1cc2cccc(C)c2o1. The summed E-state index contributed by atoms with van der Waals surface area (Å²) in [5.41, 5.74) is 3.49. The van der Waals surface area contributed by atoms with Crippen LogP contribution in [0, 0.1) is 13.8 Å². The minimum Gasteiger partial charge on any atom is -0.458 e. The lowest BCUT2D eigenvalue weighted by Gasteiger charge is -2.09. The van der Waals surface area contributed by atoms with Crippen molar-refractivity contribution >= 4 is 11.0 Å². The minimum absolute atomic E-state index is 0.556. The van der Waals surface area contributed by atoms with E-state index in [0.717, 1.165) is 27.8 Å². The number of aliphatic hydroxyl groups is 1. The number of aromatic nitrogens is 1. The molecule has 3 aromatic rings. The van der Waals surface area contributed by atoms with Gasteiger partial charge in [-0.25, -0.2) is 0 Å². The lowest BCUT2D eigenvalue weighted by Crippen LogP contribution is -2.01. The quantitative estimate of drug-likeness (QED) is 0.760. The largest absolute Gasteiger partial charge is 0.458 e. The molecule has 3 rings (SSSR count). The van der Waals surface area contributed by atoms with Crippen molar-refractivity contribution in [2.24, 2.45) is 0 Å². The Bertz CT molecular complexity index is 730. The average Bonchev–Trinajstić information content (AvgIpc) is 2.84. The van der Waals surface area contributed by atoms with Crippen molar-refractivity contribution in [3.63, 3.8) is 0 Å². The van der Waals surface area contributed by atoms with Gasteiger partial charge in [0.1, 0.15) is 17.4 Å². The molecule has 0 amide bonds. The van der Waals surface area contributed by atoms with Gasteiger partial charge in [-0.15, -0.1) is 0 Å². The number of hydrogen-bond donors (Lipinski definition) is 1. The van der Waals surface area contributed by atoms with Crippen LogP contribution in [0.4, 0.5) is 0 Å². The molecule has 0 spiro atoms. The molecule has 1 aromatic carbocycles. The summed E-state index contributed by atoms with van der Waals surface area (Å²) in [5.74, 6) is 0.556. The number of aliphatic hydroxyl groups excluding tert-OH is 1. The van der Waals surface area contributed by atoms with Gasteiger partial charge < -0.3 is 9.52 Å². The highest BCUT2D eigenvalue weighted by molar-refractivity contribution is 5.81. The fraction of sp³-hybridized carbons (Fsp3) is 0.188. The van der Waals surface area contributed by atoms with Crippen LogP contribution in [0.1, 0.15) is 28.7 Å². The molecule has 0 saturated carbocycles. The summed E-state index contributed by atoms with van der Waals surface area (Å²) >= 11 is 0. The molecule has 0 radical (unpaired) electrons. The summed E-state index contributed by atoms with van der Waals surface area (Å²) in [7, 11) is 0. The maximum Gasteiger partial charge on any atom is 0.138 e. The first-order valence-electron chi connectivity index (χ1n) is 6.25. The molecule has 19 heavy (non-hydrogen) atoms. The zero-order valence-electron chi connectivity index (χ0n) is 10.9. The molecule has 0 saturated heterocycles. The number of furan rings is 1. The molecular formula is C16H15NO2. The van der Waals surface area contributed by atoms with Crippen molar-refractivity contribution in [3.05, 3.63) is 65.2 Å². The maximum absolute atomic E-state index is 10.4. The number of rotatable bonds is 2. The fourth-order valence-corrected chi connectivity index (χ4v) is 2.30. The molecule has 0 aliphatic heterocycles. The van der Waals surface area contributed by atoms with Crippen LogP contribution in [0.15, 0.2) is 47.0 Å². The fourth-order valence-electron chi connectivity index (χ4n) is 2.30. The minimum atomic E-state index is -0.777. The molecule has 3 heteroatoms. The standard InChI is InChI=1S/C16H15NO2/c1-10-5-3-6-12-9-14(19-16(10)12)15(18)13-7-4-8-17-11(13)2/h3-9,15,18H,1-2H3. The van der Waals surface area contributed by atoms with Gasteiger partial charge in [-0.1, -0.05) is 24.3 Å². The van der Waals surface area contributed by atoms with Crippen LogP contribution in [0.2, 0.25) is 0 Å². The highest BCUT2D eigenvalue weighted by Gasteiger charge is 2.18. The first-order chi connectivity index (χ1) is 9.16. The van der Waals surface area contributed by atoms with Crippen LogP contribution in [0.3, 0.4) is 0 Å². The lowest BCUT2D eigenvalue weighted by atomic mass is 10.1. The zero-order chi connectivity index (χ0) is 13.4. The highest BCUT2D eigenvalue weighted by atomic mass is 16.4. The van der Waals surface area contributed by atoms with E-state index in [-0.39, 0.29) is 0 Å². The van der Waals surface area contributed by atoms with Crippen LogP contribution < -0.4 is 0 Å². The Morgan fingerprint density at radius 3 is 2.74 bits per heavy atom. The number of pyridine rings is 1. The molecule has 1 unspecified atom stereocenters. The Balaban J connectivity index is 2.10. The lowest BCUT2D eigenvalue weighted by molar-refractivity contribution is 0.191. The Morgan fingerprint density at radius 1 is 1.16 bits per heavy atom. The van der Waals surface area contributed by atoms with Gasteiger partial charge in [0, 0.05) is 22.8 Å². The highest BCUT2D eigenvalue weighted by Crippen LogP contribution is 2.30. The maximum atomic E-state index is 10.4. The summed E-state index contributed by atoms with van der Waals surface area (Å²) in [5, 5.41) is 11.4. The van der Waals surface area contributed by atoms with Gasteiger partial charge in [-0.3, -0.25) is 4.98 Å². The van der Waals surface area contributed by atoms with E-state index in [0.29, 0.717) is 5.76 Å². The first-order valence-corrected chi connectivity index (χ1v) is 6.25. The van der Waals surface area contributed by atoms with Gasteiger partial charge in [0.05, 0.1) is 0 Å². The second-order valence-corrected chi connectivity index (χ2v) is 4.72. The van der Waals surface area contributed by atoms with Crippen molar-refractivity contribution < 1.29 is 9.52 Å². The molecule has 1 atom stereocenters.